The van der Waals surface area contributed by atoms with Gasteiger partial charge in [0.05, 0.1) is 5.69 Å². The number of hydrogen-bond acceptors (Lipinski definition) is 5. The Balaban J connectivity index is 1.66. The number of carbonyl (C=O) groups is 1. The number of carbonyl (C=O) groups excluding carboxylic acids is 1. The largest absolute Gasteiger partial charge is 0.310 e. The Morgan fingerprint density at radius 2 is 2.00 bits per heavy atom. The van der Waals surface area contributed by atoms with Gasteiger partial charge in [-0.25, -0.2) is 4.98 Å². The minimum Gasteiger partial charge on any atom is -0.310 e. The molecule has 130 valence electrons. The van der Waals surface area contributed by atoms with Crippen LogP contribution in [-0.4, -0.2) is 15.9 Å². The summed E-state index contributed by atoms with van der Waals surface area (Å²) in [6.07, 6.45) is 5.46. The third-order valence-corrected chi connectivity index (χ3v) is 4.62. The maximum atomic E-state index is 11.9. The molecular weight excluding hydrogens is 328 g/mol. The molecule has 3 aromatic rings. The van der Waals surface area contributed by atoms with Crippen molar-refractivity contribution < 1.29 is 4.79 Å². The number of pyridine rings is 2. The predicted molar refractivity (Wildman–Crippen MR) is 101 cm³/mol. The number of nitrogens with zero attached hydrogens (tertiary/aromatic N) is 3. The van der Waals surface area contributed by atoms with E-state index >= 15 is 0 Å². The lowest BCUT2D eigenvalue weighted by atomic mass is 9.99. The molecule has 1 aliphatic carbocycles. The van der Waals surface area contributed by atoms with Crippen LogP contribution in [0.2, 0.25) is 0 Å². The Bertz CT molecular complexity index is 1010. The molecule has 2 heterocycles. The van der Waals surface area contributed by atoms with Gasteiger partial charge in [0.15, 0.2) is 0 Å². The highest BCUT2D eigenvalue weighted by Crippen LogP contribution is 2.31. The summed E-state index contributed by atoms with van der Waals surface area (Å²) < 4.78 is 0. The topological polar surface area (TPSA) is 84.3 Å². The van der Waals surface area contributed by atoms with Crippen molar-refractivity contribution in [3.05, 3.63) is 58.9 Å². The van der Waals surface area contributed by atoms with Crippen LogP contribution in [0.1, 0.15) is 24.1 Å². The molecule has 1 aliphatic rings. The number of aromatic nitrogens is 2. The molecule has 1 amide bonds. The molecule has 2 aromatic heterocycles. The molecule has 1 aromatic carbocycles. The monoisotopic (exact) mass is 346 g/mol. The first kappa shape index (κ1) is 16.3. The van der Waals surface area contributed by atoms with E-state index in [2.05, 4.69) is 26.5 Å². The zero-order valence-electron chi connectivity index (χ0n) is 14.4. The highest BCUT2D eigenvalue weighted by molar-refractivity contribution is 5.96. The van der Waals surface area contributed by atoms with Crippen molar-refractivity contribution in [1.29, 1.82) is 0 Å². The van der Waals surface area contributed by atoms with Crippen LogP contribution < -0.4 is 5.32 Å². The van der Waals surface area contributed by atoms with Crippen LogP contribution in [0.15, 0.2) is 47.9 Å². The molecule has 6 heteroatoms. The van der Waals surface area contributed by atoms with E-state index in [1.807, 2.05) is 31.2 Å². The lowest BCUT2D eigenvalue weighted by Crippen LogP contribution is -2.14. The number of anilines is 1. The fourth-order valence-corrected chi connectivity index (χ4v) is 2.98. The SMILES string of the molecule is Cc1cnc(CN=O)cc1-c1ccc2cc(NC(=O)C3CC3)ncc2c1. The van der Waals surface area contributed by atoms with E-state index in [0.29, 0.717) is 11.5 Å². The van der Waals surface area contributed by atoms with Gasteiger partial charge < -0.3 is 5.32 Å². The van der Waals surface area contributed by atoms with E-state index in [-0.39, 0.29) is 18.4 Å². The maximum Gasteiger partial charge on any atom is 0.228 e. The van der Waals surface area contributed by atoms with Gasteiger partial charge in [0, 0.05) is 23.7 Å². The molecule has 0 unspecified atom stereocenters. The van der Waals surface area contributed by atoms with Gasteiger partial charge in [0.1, 0.15) is 12.4 Å². The number of amides is 1. The summed E-state index contributed by atoms with van der Waals surface area (Å²) in [5, 5.41) is 7.78. The summed E-state index contributed by atoms with van der Waals surface area (Å²) in [7, 11) is 0. The zero-order chi connectivity index (χ0) is 18.1. The molecule has 1 N–H and O–H groups in total. The molecule has 0 bridgehead atoms. The second kappa shape index (κ2) is 6.63. The van der Waals surface area contributed by atoms with Crippen molar-refractivity contribution in [2.24, 2.45) is 11.1 Å². The lowest BCUT2D eigenvalue weighted by Gasteiger charge is -2.10. The summed E-state index contributed by atoms with van der Waals surface area (Å²) in [6.45, 7) is 2.05. The fourth-order valence-electron chi connectivity index (χ4n) is 2.98. The van der Waals surface area contributed by atoms with Crippen molar-refractivity contribution >= 4 is 22.5 Å². The average molecular weight is 346 g/mol. The van der Waals surface area contributed by atoms with Crippen LogP contribution >= 0.6 is 0 Å². The van der Waals surface area contributed by atoms with Gasteiger partial charge in [-0.1, -0.05) is 17.3 Å². The Morgan fingerprint density at radius 3 is 2.77 bits per heavy atom. The number of fused-ring (bicyclic) bond motifs is 1. The average Bonchev–Trinajstić information content (AvgIpc) is 3.48. The number of aryl methyl sites for hydroxylation is 1. The molecule has 1 saturated carbocycles. The molecule has 0 spiro atoms. The van der Waals surface area contributed by atoms with Crippen LogP contribution in [0.5, 0.6) is 0 Å². The molecule has 26 heavy (non-hydrogen) atoms. The van der Waals surface area contributed by atoms with Gasteiger partial charge in [-0.3, -0.25) is 9.78 Å². The minimum absolute atomic E-state index is 0.0530. The van der Waals surface area contributed by atoms with Crippen LogP contribution in [0.25, 0.3) is 21.9 Å². The number of benzene rings is 1. The Morgan fingerprint density at radius 1 is 1.15 bits per heavy atom. The Kier molecular flexibility index (Phi) is 4.16. The maximum absolute atomic E-state index is 11.9. The van der Waals surface area contributed by atoms with Gasteiger partial charge in [-0.2, -0.15) is 4.91 Å². The van der Waals surface area contributed by atoms with Crippen LogP contribution in [0.3, 0.4) is 0 Å². The van der Waals surface area contributed by atoms with Crippen molar-refractivity contribution in [3.63, 3.8) is 0 Å². The van der Waals surface area contributed by atoms with Gasteiger partial charge in [0.25, 0.3) is 0 Å². The normalized spacial score (nSPS) is 13.6. The highest BCUT2D eigenvalue weighted by atomic mass is 16.3. The quantitative estimate of drug-likeness (QED) is 0.701. The van der Waals surface area contributed by atoms with E-state index in [0.717, 1.165) is 40.3 Å². The van der Waals surface area contributed by atoms with E-state index in [4.69, 9.17) is 0 Å². The Hall–Kier alpha value is -3.15. The number of hydrogen-bond donors (Lipinski definition) is 1. The van der Waals surface area contributed by atoms with E-state index < -0.39 is 0 Å². The lowest BCUT2D eigenvalue weighted by molar-refractivity contribution is -0.117. The standard InChI is InChI=1S/C20H18N4O2/c1-12-9-21-17(11-23-26)8-18(12)15-5-4-14-7-19(22-10-16(14)6-15)24-20(25)13-2-3-13/h4-10,13H,2-3,11H2,1H3,(H,22,24,25). The molecular formula is C20H18N4O2. The van der Waals surface area contributed by atoms with Crippen molar-refractivity contribution in [2.45, 2.75) is 26.3 Å². The van der Waals surface area contributed by atoms with Gasteiger partial charge in [-0.15, -0.1) is 0 Å². The molecule has 0 radical (unpaired) electrons. The van der Waals surface area contributed by atoms with E-state index in [1.54, 1.807) is 12.4 Å². The van der Waals surface area contributed by atoms with Crippen LogP contribution in [0.4, 0.5) is 5.82 Å². The fraction of sp³-hybridized carbons (Fsp3) is 0.250. The summed E-state index contributed by atoms with van der Waals surface area (Å²) in [4.78, 5) is 31.0. The minimum atomic E-state index is 0.0530. The van der Waals surface area contributed by atoms with Crippen LogP contribution in [-0.2, 0) is 11.3 Å². The molecule has 0 aliphatic heterocycles. The summed E-state index contributed by atoms with van der Waals surface area (Å²) in [5.74, 6) is 0.790. The van der Waals surface area contributed by atoms with Crippen molar-refractivity contribution in [2.75, 3.05) is 5.32 Å². The Labute approximate surface area is 150 Å². The smallest absolute Gasteiger partial charge is 0.228 e. The number of nitrogens with one attached hydrogen (secondary N) is 1. The summed E-state index contributed by atoms with van der Waals surface area (Å²) >= 11 is 0. The van der Waals surface area contributed by atoms with E-state index in [1.165, 1.54) is 0 Å². The highest BCUT2D eigenvalue weighted by Gasteiger charge is 2.29. The molecule has 0 atom stereocenters. The summed E-state index contributed by atoms with van der Waals surface area (Å²) in [6, 6.07) is 9.87. The zero-order valence-corrected chi connectivity index (χ0v) is 14.4. The van der Waals surface area contributed by atoms with Gasteiger partial charge in [-0.05, 0) is 60.0 Å². The second-order valence-electron chi connectivity index (χ2n) is 6.67. The number of nitroso groups, excluding NO2 is 1. The van der Waals surface area contributed by atoms with Crippen molar-refractivity contribution in [3.8, 4) is 11.1 Å². The van der Waals surface area contributed by atoms with Crippen LogP contribution in [0, 0.1) is 17.7 Å². The summed E-state index contributed by atoms with van der Waals surface area (Å²) in [5.41, 5.74) is 3.73. The molecule has 1 fully saturated rings. The molecule has 4 rings (SSSR count). The number of rotatable bonds is 5. The van der Waals surface area contributed by atoms with E-state index in [9.17, 15) is 9.70 Å². The third-order valence-electron chi connectivity index (χ3n) is 4.62. The third kappa shape index (κ3) is 3.31. The van der Waals surface area contributed by atoms with Gasteiger partial charge >= 0.3 is 0 Å². The predicted octanol–water partition coefficient (Wildman–Crippen LogP) is 4.22. The first-order valence-corrected chi connectivity index (χ1v) is 8.60. The second-order valence-corrected chi connectivity index (χ2v) is 6.67. The van der Waals surface area contributed by atoms with Crippen molar-refractivity contribution in [1.82, 2.24) is 9.97 Å². The van der Waals surface area contributed by atoms with Gasteiger partial charge in [0.2, 0.25) is 5.91 Å². The molecule has 6 nitrogen and oxygen atoms in total. The first-order valence-electron chi connectivity index (χ1n) is 8.60. The first-order chi connectivity index (χ1) is 12.6. The molecule has 0 saturated heterocycles.